The highest BCUT2D eigenvalue weighted by atomic mass is 32.2. The quantitative estimate of drug-likeness (QED) is 0.783. The maximum Gasteiger partial charge on any atom is 0.252 e. The van der Waals surface area contributed by atoms with Crippen LogP contribution in [0.1, 0.15) is 31.2 Å². The number of thiophene rings is 1. The van der Waals surface area contributed by atoms with E-state index in [1.165, 1.54) is 15.6 Å². The van der Waals surface area contributed by atoms with Crippen LogP contribution in [0.15, 0.2) is 10.3 Å². The summed E-state index contributed by atoms with van der Waals surface area (Å²) in [6.07, 6.45) is 1.99. The van der Waals surface area contributed by atoms with Crippen LogP contribution in [0, 0.1) is 6.92 Å². The van der Waals surface area contributed by atoms with Crippen LogP contribution in [0.3, 0.4) is 0 Å². The lowest BCUT2D eigenvalue weighted by atomic mass is 10.3. The molecule has 0 aliphatic carbocycles. The van der Waals surface area contributed by atoms with Crippen molar-refractivity contribution in [2.75, 3.05) is 19.1 Å². The van der Waals surface area contributed by atoms with Gasteiger partial charge < -0.3 is 5.32 Å². The largest absolute Gasteiger partial charge is 0.310 e. The van der Waals surface area contributed by atoms with E-state index in [1.807, 2.05) is 20.1 Å². The fourth-order valence-electron chi connectivity index (χ4n) is 1.81. The Labute approximate surface area is 137 Å². The minimum absolute atomic E-state index is 0.00959. The van der Waals surface area contributed by atoms with Crippen LogP contribution in [0.5, 0.6) is 0 Å². The van der Waals surface area contributed by atoms with Gasteiger partial charge in [-0.2, -0.15) is 16.1 Å². The normalized spacial score (nSPS) is 14.1. The molecule has 1 aromatic heterocycles. The molecule has 0 aliphatic rings. The average Bonchev–Trinajstić information content (AvgIpc) is 2.77. The summed E-state index contributed by atoms with van der Waals surface area (Å²) < 4.78 is 27.2. The highest BCUT2D eigenvalue weighted by Crippen LogP contribution is 2.29. The molecular formula is C14H26N2O2S3. The third kappa shape index (κ3) is 4.96. The number of hydrogen-bond donors (Lipinski definition) is 1. The van der Waals surface area contributed by atoms with Crippen molar-refractivity contribution < 1.29 is 8.42 Å². The Balaban J connectivity index is 2.96. The SMILES string of the molecule is CSCC(C)N(C)S(=O)(=O)c1cc(C)c(CNC(C)C)s1. The molecule has 122 valence electrons. The van der Waals surface area contributed by atoms with Gasteiger partial charge in [-0.05, 0) is 31.7 Å². The van der Waals surface area contributed by atoms with Gasteiger partial charge in [0.1, 0.15) is 4.21 Å². The van der Waals surface area contributed by atoms with Crippen LogP contribution < -0.4 is 5.32 Å². The third-order valence-corrected chi connectivity index (χ3v) is 7.80. The molecule has 0 fully saturated rings. The Bertz CT molecular complexity index is 553. The van der Waals surface area contributed by atoms with E-state index in [-0.39, 0.29) is 6.04 Å². The first-order valence-corrected chi connectivity index (χ1v) is 10.6. The van der Waals surface area contributed by atoms with E-state index in [0.717, 1.165) is 16.2 Å². The molecule has 1 unspecified atom stereocenters. The average molecular weight is 351 g/mol. The Morgan fingerprint density at radius 1 is 1.38 bits per heavy atom. The summed E-state index contributed by atoms with van der Waals surface area (Å²) in [6, 6.07) is 2.17. The van der Waals surface area contributed by atoms with E-state index in [0.29, 0.717) is 16.8 Å². The molecule has 7 heteroatoms. The number of nitrogens with zero attached hydrogens (tertiary/aromatic N) is 1. The monoisotopic (exact) mass is 350 g/mol. The van der Waals surface area contributed by atoms with Gasteiger partial charge in [0.2, 0.25) is 0 Å². The van der Waals surface area contributed by atoms with Crippen molar-refractivity contribution in [2.45, 2.75) is 50.5 Å². The second kappa shape index (κ2) is 7.97. The molecule has 1 rings (SSSR count). The highest BCUT2D eigenvalue weighted by molar-refractivity contribution is 7.98. The maximum atomic E-state index is 12.7. The van der Waals surface area contributed by atoms with Crippen LogP contribution in [-0.4, -0.2) is 43.9 Å². The summed E-state index contributed by atoms with van der Waals surface area (Å²) in [6.45, 7) is 8.79. The Kier molecular flexibility index (Phi) is 7.19. The fourth-order valence-corrected chi connectivity index (χ4v) is 5.70. The molecular weight excluding hydrogens is 324 g/mol. The molecule has 0 saturated heterocycles. The summed E-state index contributed by atoms with van der Waals surface area (Å²) in [5, 5.41) is 3.34. The Morgan fingerprint density at radius 2 is 2.00 bits per heavy atom. The topological polar surface area (TPSA) is 49.4 Å². The zero-order valence-electron chi connectivity index (χ0n) is 13.6. The molecule has 0 saturated carbocycles. The fraction of sp³-hybridized carbons (Fsp3) is 0.714. The first-order valence-electron chi connectivity index (χ1n) is 6.99. The van der Waals surface area contributed by atoms with E-state index in [4.69, 9.17) is 0 Å². The molecule has 0 aliphatic heterocycles. The molecule has 0 bridgehead atoms. The van der Waals surface area contributed by atoms with Gasteiger partial charge >= 0.3 is 0 Å². The molecule has 1 N–H and O–H groups in total. The molecule has 1 aromatic rings. The summed E-state index contributed by atoms with van der Waals surface area (Å²) >= 11 is 3.03. The highest BCUT2D eigenvalue weighted by Gasteiger charge is 2.27. The van der Waals surface area contributed by atoms with Gasteiger partial charge in [0.05, 0.1) is 0 Å². The van der Waals surface area contributed by atoms with Crippen molar-refractivity contribution in [1.29, 1.82) is 0 Å². The van der Waals surface area contributed by atoms with Crippen LogP contribution >= 0.6 is 23.1 Å². The smallest absolute Gasteiger partial charge is 0.252 e. The van der Waals surface area contributed by atoms with Gasteiger partial charge in [-0.1, -0.05) is 13.8 Å². The standard InChI is InChI=1S/C14H26N2O2S3/c1-10(2)15-8-13-11(3)7-14(20-13)21(17,18)16(5)12(4)9-19-6/h7,10,12,15H,8-9H2,1-6H3. The second-order valence-corrected chi connectivity index (χ2v) is 9.80. The number of hydrogen-bond acceptors (Lipinski definition) is 5. The zero-order valence-corrected chi connectivity index (χ0v) is 16.1. The van der Waals surface area contributed by atoms with Crippen molar-refractivity contribution in [1.82, 2.24) is 9.62 Å². The summed E-state index contributed by atoms with van der Waals surface area (Å²) in [5.41, 5.74) is 1.04. The molecule has 0 aromatic carbocycles. The number of sulfonamides is 1. The first-order chi connectivity index (χ1) is 9.70. The van der Waals surface area contributed by atoms with Crippen molar-refractivity contribution in [2.24, 2.45) is 0 Å². The van der Waals surface area contributed by atoms with Crippen molar-refractivity contribution in [3.63, 3.8) is 0 Å². The number of nitrogens with one attached hydrogen (secondary N) is 1. The molecule has 0 amide bonds. The van der Waals surface area contributed by atoms with E-state index in [9.17, 15) is 8.42 Å². The van der Waals surface area contributed by atoms with E-state index in [1.54, 1.807) is 24.9 Å². The predicted octanol–water partition coefficient (Wildman–Crippen LogP) is 2.93. The minimum atomic E-state index is -3.39. The van der Waals surface area contributed by atoms with Gasteiger partial charge in [-0.25, -0.2) is 8.42 Å². The van der Waals surface area contributed by atoms with Crippen LogP contribution in [0.25, 0.3) is 0 Å². The minimum Gasteiger partial charge on any atom is -0.310 e. The molecule has 1 atom stereocenters. The van der Waals surface area contributed by atoms with Crippen molar-refractivity contribution >= 4 is 33.1 Å². The lowest BCUT2D eigenvalue weighted by molar-refractivity contribution is 0.416. The second-order valence-electron chi connectivity index (χ2n) is 5.53. The van der Waals surface area contributed by atoms with Crippen molar-refractivity contribution in [3.8, 4) is 0 Å². The number of aryl methyl sites for hydroxylation is 1. The van der Waals surface area contributed by atoms with Gasteiger partial charge in [0.25, 0.3) is 10.0 Å². The van der Waals surface area contributed by atoms with Crippen LogP contribution in [0.2, 0.25) is 0 Å². The lowest BCUT2D eigenvalue weighted by Gasteiger charge is -2.22. The third-order valence-electron chi connectivity index (χ3n) is 3.33. The van der Waals surface area contributed by atoms with Gasteiger partial charge in [-0.15, -0.1) is 11.3 Å². The van der Waals surface area contributed by atoms with Crippen LogP contribution in [0.4, 0.5) is 0 Å². The molecule has 0 spiro atoms. The van der Waals surface area contributed by atoms with Gasteiger partial charge in [0.15, 0.2) is 0 Å². The molecule has 4 nitrogen and oxygen atoms in total. The first kappa shape index (κ1) is 19.0. The summed E-state index contributed by atoms with van der Waals surface area (Å²) in [4.78, 5) is 1.09. The summed E-state index contributed by atoms with van der Waals surface area (Å²) in [5.74, 6) is 0.794. The van der Waals surface area contributed by atoms with Gasteiger partial charge in [-0.3, -0.25) is 0 Å². The number of rotatable bonds is 8. The van der Waals surface area contributed by atoms with E-state index in [2.05, 4.69) is 19.2 Å². The predicted molar refractivity (Wildman–Crippen MR) is 93.8 cm³/mol. The summed E-state index contributed by atoms with van der Waals surface area (Å²) in [7, 11) is -1.73. The molecule has 1 heterocycles. The zero-order chi connectivity index (χ0) is 16.2. The lowest BCUT2D eigenvalue weighted by Crippen LogP contribution is -2.36. The van der Waals surface area contributed by atoms with Gasteiger partial charge in [0, 0.05) is 36.3 Å². The number of thioether (sulfide) groups is 1. The molecule has 21 heavy (non-hydrogen) atoms. The van der Waals surface area contributed by atoms with Crippen molar-refractivity contribution in [3.05, 3.63) is 16.5 Å². The van der Waals surface area contributed by atoms with E-state index >= 15 is 0 Å². The maximum absolute atomic E-state index is 12.7. The Morgan fingerprint density at radius 3 is 2.52 bits per heavy atom. The molecule has 0 radical (unpaired) electrons. The van der Waals surface area contributed by atoms with E-state index < -0.39 is 10.0 Å². The van der Waals surface area contributed by atoms with Crippen LogP contribution in [-0.2, 0) is 16.6 Å². The Hall–Kier alpha value is -0.0800.